The summed E-state index contributed by atoms with van der Waals surface area (Å²) in [6.07, 6.45) is -9.53. The Morgan fingerprint density at radius 2 is 1.02 bits per heavy atom. The van der Waals surface area contributed by atoms with Crippen LogP contribution in [0.4, 0.5) is 0 Å². The Morgan fingerprint density at radius 1 is 0.578 bits per heavy atom. The van der Waals surface area contributed by atoms with Crippen molar-refractivity contribution in [3.63, 3.8) is 0 Å². The second-order valence-corrected chi connectivity index (χ2v) is 10.1. The molecule has 8 atom stereocenters. The molecule has 0 radical (unpaired) electrons. The third-order valence-electron chi connectivity index (χ3n) is 6.75. The van der Waals surface area contributed by atoms with Crippen LogP contribution in [0.1, 0.15) is 41.5 Å². The van der Waals surface area contributed by atoms with Crippen LogP contribution in [0, 0.1) is 0 Å². The van der Waals surface area contributed by atoms with Gasteiger partial charge in [-0.2, -0.15) is 0 Å². The Hall–Kier alpha value is -4.37. The largest absolute Gasteiger partial charge is 0.463 e. The molecule has 2 aliphatic rings. The minimum atomic E-state index is -1.33. The Kier molecular flexibility index (Phi) is 11.6. The highest BCUT2D eigenvalue weighted by molar-refractivity contribution is 5.90. The van der Waals surface area contributed by atoms with Gasteiger partial charge in [-0.15, -0.1) is 0 Å². The molecular formula is C31H34O14. The third kappa shape index (κ3) is 8.85. The van der Waals surface area contributed by atoms with Gasteiger partial charge in [-0.25, -0.2) is 9.59 Å². The topological polar surface area (TPSA) is 168 Å². The molecule has 2 saturated heterocycles. The highest BCUT2D eigenvalue weighted by Gasteiger charge is 2.53. The molecule has 0 saturated carbocycles. The molecule has 0 amide bonds. The van der Waals surface area contributed by atoms with Crippen molar-refractivity contribution in [2.24, 2.45) is 0 Å². The van der Waals surface area contributed by atoms with Crippen molar-refractivity contribution >= 4 is 29.8 Å². The average molecular weight is 636 g/mol. The number of hydrogen-bond acceptors (Lipinski definition) is 14. The first kappa shape index (κ1) is 33.5. The molecule has 2 aliphatic heterocycles. The lowest BCUT2D eigenvalue weighted by Gasteiger charge is -2.26. The normalized spacial score (nSPS) is 27.3. The smallest absolute Gasteiger partial charge is 0.338 e. The first-order valence-corrected chi connectivity index (χ1v) is 14.0. The molecule has 0 aromatic heterocycles. The summed E-state index contributed by atoms with van der Waals surface area (Å²) >= 11 is 0. The van der Waals surface area contributed by atoms with Gasteiger partial charge in [0.2, 0.25) is 0 Å². The second kappa shape index (κ2) is 15.6. The van der Waals surface area contributed by atoms with Crippen LogP contribution in [0.3, 0.4) is 0 Å². The van der Waals surface area contributed by atoms with Crippen molar-refractivity contribution in [2.75, 3.05) is 20.3 Å². The number of hydrogen-bond donors (Lipinski definition) is 0. The Labute approximate surface area is 258 Å². The summed E-state index contributed by atoms with van der Waals surface area (Å²) in [6.45, 7) is 2.80. The maximum atomic E-state index is 13.1. The van der Waals surface area contributed by atoms with Crippen molar-refractivity contribution in [2.45, 2.75) is 70.0 Å². The molecule has 0 bridgehead atoms. The highest BCUT2D eigenvalue weighted by Crippen LogP contribution is 2.32. The summed E-state index contributed by atoms with van der Waals surface area (Å²) in [6, 6.07) is 16.3. The van der Waals surface area contributed by atoms with Crippen molar-refractivity contribution in [1.29, 1.82) is 0 Å². The molecule has 2 fully saturated rings. The van der Waals surface area contributed by atoms with E-state index in [1.54, 1.807) is 60.7 Å². The SMILES string of the molecule is CO[C@H]1O[C@H](CO[13C@H]2O[13C@H]([13CH2]OC(C)=O)[13C@@H](OC(C)=O)[13C@@H]2OC(C)=O)[C@@H](OC(=O)c2ccccc2)[C@@H]1OC(=O)c1ccccc1. The monoisotopic (exact) mass is 635 g/mol. The zero-order chi connectivity index (χ0) is 32.5. The van der Waals surface area contributed by atoms with E-state index in [4.69, 9.17) is 42.6 Å². The van der Waals surface area contributed by atoms with Gasteiger partial charge in [-0.1, -0.05) is 36.4 Å². The average Bonchev–Trinajstić information content (AvgIpc) is 3.51. The van der Waals surface area contributed by atoms with Gasteiger partial charge in [0.1, 0.15) is 18.8 Å². The van der Waals surface area contributed by atoms with Crippen molar-refractivity contribution in [1.82, 2.24) is 0 Å². The van der Waals surface area contributed by atoms with Gasteiger partial charge in [-0.3, -0.25) is 14.4 Å². The summed E-state index contributed by atoms with van der Waals surface area (Å²) in [5.41, 5.74) is 0.483. The lowest BCUT2D eigenvalue weighted by atomic mass is 10.1. The molecule has 14 nitrogen and oxygen atoms in total. The van der Waals surface area contributed by atoms with E-state index in [0.717, 1.165) is 13.8 Å². The molecule has 0 unspecified atom stereocenters. The van der Waals surface area contributed by atoms with E-state index in [1.807, 2.05) is 0 Å². The molecule has 2 aromatic carbocycles. The van der Waals surface area contributed by atoms with E-state index in [1.165, 1.54) is 14.0 Å². The number of esters is 5. The predicted octanol–water partition coefficient (Wildman–Crippen LogP) is 1.98. The molecule has 242 valence electrons. The molecule has 0 spiro atoms. The van der Waals surface area contributed by atoms with Gasteiger partial charge >= 0.3 is 29.8 Å². The highest BCUT2D eigenvalue weighted by atomic mass is 16.9. The molecule has 0 N–H and O–H groups in total. The minimum Gasteiger partial charge on any atom is -0.463 e. The predicted molar refractivity (Wildman–Crippen MR) is 149 cm³/mol. The summed E-state index contributed by atoms with van der Waals surface area (Å²) in [5, 5.41) is 0. The summed E-state index contributed by atoms with van der Waals surface area (Å²) in [7, 11) is 1.33. The maximum Gasteiger partial charge on any atom is 0.338 e. The van der Waals surface area contributed by atoms with E-state index < -0.39 is 79.1 Å². The number of carbonyl (C=O) groups is 5. The van der Waals surface area contributed by atoms with Gasteiger partial charge in [0.05, 0.1) is 17.7 Å². The fourth-order valence-corrected chi connectivity index (χ4v) is 4.81. The number of benzene rings is 2. The van der Waals surface area contributed by atoms with Crippen molar-refractivity contribution < 1.29 is 66.6 Å². The molecule has 0 aliphatic carbocycles. The Morgan fingerprint density at radius 3 is 1.53 bits per heavy atom. The maximum absolute atomic E-state index is 13.1. The first-order valence-electron chi connectivity index (χ1n) is 14.0. The van der Waals surface area contributed by atoms with E-state index in [2.05, 4.69) is 0 Å². The van der Waals surface area contributed by atoms with Gasteiger partial charge in [0.15, 0.2) is 37.0 Å². The third-order valence-corrected chi connectivity index (χ3v) is 6.75. The summed E-state index contributed by atoms with van der Waals surface area (Å²) in [4.78, 5) is 61.4. The standard InChI is InChI=1S/C31H34O14/c1-17(32)38-15-22-24(40-18(2)33)27(41-19(3)34)31(43-22)39-16-23-25(44-28(35)20-11-7-5-8-12-20)26(30(37-4)42-23)45-29(36)21-13-9-6-10-14-21/h5-14,22-27,30-31H,15-16H2,1-4H3/t22-,23-,24-,25-,26+,27+,30+,31+/m1/s1/i15+1,22+1,24+1,27+1,31+1. The lowest BCUT2D eigenvalue weighted by molar-refractivity contribution is -0.209. The fourth-order valence-electron chi connectivity index (χ4n) is 4.81. The van der Waals surface area contributed by atoms with Crippen LogP contribution in [0.5, 0.6) is 0 Å². The number of rotatable bonds is 12. The van der Waals surface area contributed by atoms with Gasteiger partial charge in [0.25, 0.3) is 0 Å². The minimum absolute atomic E-state index is 0.234. The van der Waals surface area contributed by atoms with Crippen molar-refractivity contribution in [3.8, 4) is 0 Å². The first-order chi connectivity index (χ1) is 21.6. The number of methoxy groups -OCH3 is 1. The molecule has 2 aromatic rings. The fraction of sp³-hybridized carbons (Fsp3) is 0.452. The van der Waals surface area contributed by atoms with Gasteiger partial charge < -0.3 is 42.6 Å². The van der Waals surface area contributed by atoms with Gasteiger partial charge in [0, 0.05) is 27.9 Å². The van der Waals surface area contributed by atoms with E-state index in [0.29, 0.717) is 0 Å². The van der Waals surface area contributed by atoms with Crippen LogP contribution in [0.15, 0.2) is 60.7 Å². The second-order valence-electron chi connectivity index (χ2n) is 10.1. The Balaban J connectivity index is 1.57. The van der Waals surface area contributed by atoms with E-state index >= 15 is 0 Å². The quantitative estimate of drug-likeness (QED) is 0.189. The molecule has 14 heteroatoms. The zero-order valence-electron chi connectivity index (χ0n) is 25.0. The zero-order valence-corrected chi connectivity index (χ0v) is 25.0. The van der Waals surface area contributed by atoms with Crippen LogP contribution in [-0.2, 0) is 57.0 Å². The molecule has 4 rings (SSSR count). The molecular weight excluding hydrogens is 601 g/mol. The summed E-state index contributed by atoms with van der Waals surface area (Å²) in [5.74, 6) is -3.47. The van der Waals surface area contributed by atoms with Crippen LogP contribution in [0.25, 0.3) is 0 Å². The van der Waals surface area contributed by atoms with Crippen LogP contribution in [-0.4, -0.2) is 99.4 Å². The number of ether oxygens (including phenoxy) is 9. The van der Waals surface area contributed by atoms with E-state index in [9.17, 15) is 24.0 Å². The number of carbonyl (C=O) groups excluding carboxylic acids is 5. The Bertz CT molecular complexity index is 1330. The molecule has 2 heterocycles. The lowest BCUT2D eigenvalue weighted by Crippen LogP contribution is -2.44. The van der Waals surface area contributed by atoms with Crippen LogP contribution >= 0.6 is 0 Å². The summed E-state index contributed by atoms with van der Waals surface area (Å²) < 4.78 is 50.5. The van der Waals surface area contributed by atoms with Crippen LogP contribution in [0.2, 0.25) is 0 Å². The van der Waals surface area contributed by atoms with Gasteiger partial charge in [-0.05, 0) is 24.3 Å². The van der Waals surface area contributed by atoms with Crippen molar-refractivity contribution in [3.05, 3.63) is 71.8 Å². The van der Waals surface area contributed by atoms with E-state index in [-0.39, 0.29) is 24.3 Å². The van der Waals surface area contributed by atoms with Crippen LogP contribution < -0.4 is 0 Å². The molecule has 45 heavy (non-hydrogen) atoms.